The Morgan fingerprint density at radius 1 is 0.786 bits per heavy atom. The lowest BCUT2D eigenvalue weighted by Crippen LogP contribution is -2.61. The van der Waals surface area contributed by atoms with Crippen LogP contribution in [0.2, 0.25) is 0 Å². The van der Waals surface area contributed by atoms with Crippen LogP contribution in [0.5, 0.6) is 0 Å². The zero-order valence-electron chi connectivity index (χ0n) is 13.3. The second-order valence-electron chi connectivity index (χ2n) is 4.84. The van der Waals surface area contributed by atoms with Gasteiger partial charge in [0.2, 0.25) is 0 Å². The molecular formula is C12H9F11O5. The third-order valence-corrected chi connectivity index (χ3v) is 2.52. The number of ether oxygens (including phenoxy) is 3. The number of hydrogen-bond donors (Lipinski definition) is 0. The predicted molar refractivity (Wildman–Crippen MR) is 63.7 cm³/mol. The van der Waals surface area contributed by atoms with Crippen LogP contribution in [-0.4, -0.2) is 55.4 Å². The molecule has 16 heteroatoms. The Balaban J connectivity index is 5.47. The highest BCUT2D eigenvalue weighted by Crippen LogP contribution is 2.51. The van der Waals surface area contributed by atoms with Gasteiger partial charge in [0.05, 0.1) is 0 Å². The number of alkyl halides is 11. The minimum Gasteiger partial charge on any atom is -0.459 e. The molecule has 0 aliphatic rings. The number of halogens is 11. The van der Waals surface area contributed by atoms with Crippen molar-refractivity contribution in [2.75, 3.05) is 13.2 Å². The monoisotopic (exact) mass is 442 g/mol. The van der Waals surface area contributed by atoms with Gasteiger partial charge in [-0.1, -0.05) is 6.58 Å². The van der Waals surface area contributed by atoms with Gasteiger partial charge < -0.3 is 9.47 Å². The van der Waals surface area contributed by atoms with Crippen LogP contribution in [0, 0.1) is 0 Å². The highest BCUT2D eigenvalue weighted by Gasteiger charge is 2.80. The third kappa shape index (κ3) is 5.45. The Morgan fingerprint density at radius 3 is 1.57 bits per heavy atom. The molecule has 0 aromatic rings. The minimum atomic E-state index is -7.31. The Hall–Kier alpha value is -2.13. The second-order valence-corrected chi connectivity index (χ2v) is 4.84. The van der Waals surface area contributed by atoms with E-state index in [0.717, 1.165) is 6.92 Å². The summed E-state index contributed by atoms with van der Waals surface area (Å²) in [5.41, 5.74) is -0.237. The van der Waals surface area contributed by atoms with Crippen molar-refractivity contribution >= 4 is 11.9 Å². The van der Waals surface area contributed by atoms with Crippen molar-refractivity contribution in [3.05, 3.63) is 12.2 Å². The summed E-state index contributed by atoms with van der Waals surface area (Å²) in [5, 5.41) is 0. The van der Waals surface area contributed by atoms with Crippen molar-refractivity contribution in [1.29, 1.82) is 0 Å². The molecule has 0 bridgehead atoms. The maximum absolute atomic E-state index is 13.7. The van der Waals surface area contributed by atoms with Gasteiger partial charge in [-0.3, -0.25) is 4.74 Å². The normalized spacial score (nSPS) is 15.6. The lowest BCUT2D eigenvalue weighted by molar-refractivity contribution is -0.475. The van der Waals surface area contributed by atoms with Gasteiger partial charge in [-0.25, -0.2) is 9.59 Å². The largest absolute Gasteiger partial charge is 0.462 e. The van der Waals surface area contributed by atoms with Crippen LogP contribution in [0.25, 0.3) is 0 Å². The molecule has 0 saturated heterocycles. The van der Waals surface area contributed by atoms with Crippen molar-refractivity contribution in [2.24, 2.45) is 0 Å². The van der Waals surface area contributed by atoms with E-state index in [1.54, 1.807) is 0 Å². The van der Waals surface area contributed by atoms with E-state index in [4.69, 9.17) is 0 Å². The molecule has 0 saturated carbocycles. The standard InChI is InChI=1S/C12H9F11O5/c1-5(2)6(24)26-3-4-27-7(25)8(13,10(16,17)18)28-12(22,23)9(14,15)11(19,20)21/h1,3-4H2,2H3. The van der Waals surface area contributed by atoms with Crippen LogP contribution >= 0.6 is 0 Å². The van der Waals surface area contributed by atoms with Gasteiger partial charge in [0.15, 0.2) is 0 Å². The molecule has 28 heavy (non-hydrogen) atoms. The van der Waals surface area contributed by atoms with E-state index in [0.29, 0.717) is 0 Å². The van der Waals surface area contributed by atoms with Crippen molar-refractivity contribution < 1.29 is 72.1 Å². The fourth-order valence-electron chi connectivity index (χ4n) is 1.11. The van der Waals surface area contributed by atoms with E-state index in [1.807, 2.05) is 4.74 Å². The molecule has 0 N–H and O–H groups in total. The number of esters is 2. The quantitative estimate of drug-likeness (QED) is 0.249. The highest BCUT2D eigenvalue weighted by atomic mass is 19.4. The second kappa shape index (κ2) is 8.08. The summed E-state index contributed by atoms with van der Waals surface area (Å²) in [4.78, 5) is 22.0. The SMILES string of the molecule is C=C(C)C(=O)OCCOC(=O)C(F)(OC(F)(F)C(F)(F)C(F)(F)F)C(F)(F)F. The van der Waals surface area contributed by atoms with Crippen molar-refractivity contribution in [2.45, 2.75) is 37.2 Å². The molecule has 0 rings (SSSR count). The van der Waals surface area contributed by atoms with Crippen molar-refractivity contribution in [1.82, 2.24) is 0 Å². The Morgan fingerprint density at radius 2 is 1.21 bits per heavy atom. The van der Waals surface area contributed by atoms with Crippen LogP contribution in [0.15, 0.2) is 12.2 Å². The zero-order chi connectivity index (χ0) is 22.8. The lowest BCUT2D eigenvalue weighted by atomic mass is 10.2. The molecule has 0 aromatic heterocycles. The predicted octanol–water partition coefficient (Wildman–Crippen LogP) is 3.68. The topological polar surface area (TPSA) is 61.8 Å². The van der Waals surface area contributed by atoms with Gasteiger partial charge >= 0.3 is 42.2 Å². The first kappa shape index (κ1) is 25.9. The van der Waals surface area contributed by atoms with E-state index in [-0.39, 0.29) is 5.57 Å². The summed E-state index contributed by atoms with van der Waals surface area (Å²) in [6.45, 7) is 1.68. The molecule has 5 nitrogen and oxygen atoms in total. The fraction of sp³-hybridized carbons (Fsp3) is 0.667. The van der Waals surface area contributed by atoms with Gasteiger partial charge in [-0.05, 0) is 6.92 Å². The van der Waals surface area contributed by atoms with E-state index in [1.165, 1.54) is 0 Å². The molecule has 0 spiro atoms. The number of carbonyl (C=O) groups is 2. The van der Waals surface area contributed by atoms with Crippen LogP contribution in [0.4, 0.5) is 48.3 Å². The smallest absolute Gasteiger partial charge is 0.459 e. The Bertz CT molecular complexity index is 610. The minimum absolute atomic E-state index is 0.237. The zero-order valence-corrected chi connectivity index (χ0v) is 13.3. The van der Waals surface area contributed by atoms with Crippen molar-refractivity contribution in [3.8, 4) is 0 Å². The number of rotatable bonds is 8. The molecule has 164 valence electrons. The molecule has 0 fully saturated rings. The summed E-state index contributed by atoms with van der Waals surface area (Å²) in [6.07, 6.45) is -21.2. The summed E-state index contributed by atoms with van der Waals surface area (Å²) in [5.74, 6) is -18.3. The lowest BCUT2D eigenvalue weighted by Gasteiger charge is -2.33. The van der Waals surface area contributed by atoms with E-state index < -0.39 is 55.4 Å². The van der Waals surface area contributed by atoms with E-state index in [2.05, 4.69) is 16.1 Å². The molecular weight excluding hydrogens is 433 g/mol. The number of carbonyl (C=O) groups excluding carboxylic acids is 2. The first-order chi connectivity index (χ1) is 12.2. The van der Waals surface area contributed by atoms with E-state index >= 15 is 0 Å². The highest BCUT2D eigenvalue weighted by molar-refractivity contribution is 5.86. The Labute approximate surface area is 148 Å². The average Bonchev–Trinajstić information content (AvgIpc) is 2.47. The molecule has 1 unspecified atom stereocenters. The summed E-state index contributed by atoms with van der Waals surface area (Å²) < 4.78 is 148. The molecule has 0 radical (unpaired) electrons. The van der Waals surface area contributed by atoms with Crippen LogP contribution in [-0.2, 0) is 23.8 Å². The van der Waals surface area contributed by atoms with Crippen LogP contribution in [0.3, 0.4) is 0 Å². The summed E-state index contributed by atoms with van der Waals surface area (Å²) >= 11 is 0. The molecule has 0 heterocycles. The Kier molecular flexibility index (Phi) is 7.47. The fourth-order valence-corrected chi connectivity index (χ4v) is 1.11. The molecule has 1 atom stereocenters. The van der Waals surface area contributed by atoms with Gasteiger partial charge in [-0.2, -0.15) is 48.3 Å². The molecule has 0 amide bonds. The third-order valence-electron chi connectivity index (χ3n) is 2.52. The first-order valence-electron chi connectivity index (χ1n) is 6.48. The van der Waals surface area contributed by atoms with Gasteiger partial charge in [0, 0.05) is 5.57 Å². The molecule has 0 aromatic carbocycles. The van der Waals surface area contributed by atoms with Crippen LogP contribution in [0.1, 0.15) is 6.92 Å². The van der Waals surface area contributed by atoms with Gasteiger partial charge in [0.25, 0.3) is 0 Å². The first-order valence-corrected chi connectivity index (χ1v) is 6.48. The van der Waals surface area contributed by atoms with Crippen molar-refractivity contribution in [3.63, 3.8) is 0 Å². The summed E-state index contributed by atoms with van der Waals surface area (Å²) in [7, 11) is 0. The maximum Gasteiger partial charge on any atom is 0.462 e. The van der Waals surface area contributed by atoms with Gasteiger partial charge in [-0.15, -0.1) is 0 Å². The van der Waals surface area contributed by atoms with Crippen LogP contribution < -0.4 is 0 Å². The molecule has 0 aliphatic carbocycles. The molecule has 0 aliphatic heterocycles. The van der Waals surface area contributed by atoms with E-state index in [9.17, 15) is 57.9 Å². The average molecular weight is 442 g/mol. The number of hydrogen-bond acceptors (Lipinski definition) is 5. The summed E-state index contributed by atoms with van der Waals surface area (Å²) in [6, 6.07) is 0. The maximum atomic E-state index is 13.7. The van der Waals surface area contributed by atoms with Gasteiger partial charge in [0.1, 0.15) is 13.2 Å².